The lowest BCUT2D eigenvalue weighted by Crippen LogP contribution is -2.22. The molecule has 0 aromatic heterocycles. The first-order valence-corrected chi connectivity index (χ1v) is 8.01. The lowest BCUT2D eigenvalue weighted by Gasteiger charge is -2.15. The van der Waals surface area contributed by atoms with Crippen molar-refractivity contribution in [2.45, 2.75) is 39.5 Å². The Hall–Kier alpha value is -2.24. The molecule has 2 aliphatic carbocycles. The van der Waals surface area contributed by atoms with E-state index in [2.05, 4.69) is 17.5 Å². The standard InChI is InChI=1S/C17H21N3O3/c1-11-6-7-12(9-14(11)20(22)23)10-18-19-16(21)15-13-5-3-4-8-17(13,15)2/h6-7,9-10,13,15H,3-5,8H2,1-2H3,(H,19,21)/b18-10-/t13-,15-,17+/m1/s1. The number of nitrogens with zero attached hydrogens (tertiary/aromatic N) is 2. The molecule has 2 saturated carbocycles. The second kappa shape index (κ2) is 5.76. The van der Waals surface area contributed by atoms with E-state index >= 15 is 0 Å². The lowest BCUT2D eigenvalue weighted by atomic mass is 9.90. The minimum absolute atomic E-state index is 0.0303. The van der Waals surface area contributed by atoms with Gasteiger partial charge in [0.05, 0.1) is 11.1 Å². The fourth-order valence-corrected chi connectivity index (χ4v) is 3.99. The molecule has 122 valence electrons. The molecule has 0 heterocycles. The summed E-state index contributed by atoms with van der Waals surface area (Å²) < 4.78 is 0. The predicted octanol–water partition coefficient (Wildman–Crippen LogP) is 3.18. The molecule has 0 aliphatic heterocycles. The molecule has 6 heteroatoms. The van der Waals surface area contributed by atoms with Gasteiger partial charge < -0.3 is 0 Å². The molecule has 0 saturated heterocycles. The van der Waals surface area contributed by atoms with Crippen LogP contribution >= 0.6 is 0 Å². The number of carbonyl (C=O) groups is 1. The van der Waals surface area contributed by atoms with Crippen molar-refractivity contribution in [3.63, 3.8) is 0 Å². The Bertz CT molecular complexity index is 686. The van der Waals surface area contributed by atoms with Gasteiger partial charge in [-0.25, -0.2) is 5.43 Å². The van der Waals surface area contributed by atoms with Crippen LogP contribution in [0.4, 0.5) is 5.69 Å². The molecule has 3 atom stereocenters. The molecule has 1 aromatic carbocycles. The van der Waals surface area contributed by atoms with E-state index in [1.807, 2.05) is 0 Å². The number of hydrazone groups is 1. The predicted molar refractivity (Wildman–Crippen MR) is 87.1 cm³/mol. The fourth-order valence-electron chi connectivity index (χ4n) is 3.99. The number of rotatable bonds is 4. The van der Waals surface area contributed by atoms with E-state index in [1.165, 1.54) is 25.1 Å². The Kier molecular flexibility index (Phi) is 3.92. The van der Waals surface area contributed by atoms with Crippen LogP contribution in [0.1, 0.15) is 43.7 Å². The summed E-state index contributed by atoms with van der Waals surface area (Å²) in [5.74, 6) is 0.527. The molecule has 2 aliphatic rings. The number of nitro groups is 1. The average molecular weight is 315 g/mol. The van der Waals surface area contributed by atoms with Crippen LogP contribution in [-0.4, -0.2) is 17.0 Å². The minimum Gasteiger partial charge on any atom is -0.273 e. The van der Waals surface area contributed by atoms with Gasteiger partial charge in [0.15, 0.2) is 0 Å². The van der Waals surface area contributed by atoms with E-state index in [1.54, 1.807) is 19.1 Å². The molecule has 1 N–H and O–H groups in total. The van der Waals surface area contributed by atoms with Gasteiger partial charge >= 0.3 is 0 Å². The molecule has 2 fully saturated rings. The van der Waals surface area contributed by atoms with E-state index in [0.717, 1.165) is 12.8 Å². The summed E-state index contributed by atoms with van der Waals surface area (Å²) >= 11 is 0. The number of amides is 1. The van der Waals surface area contributed by atoms with Crippen LogP contribution in [0.3, 0.4) is 0 Å². The Balaban J connectivity index is 1.62. The normalized spacial score (nSPS) is 29.1. The van der Waals surface area contributed by atoms with Gasteiger partial charge in [0.2, 0.25) is 5.91 Å². The second-order valence-corrected chi connectivity index (χ2v) is 6.87. The molecule has 0 bridgehead atoms. The Morgan fingerprint density at radius 3 is 2.91 bits per heavy atom. The third-order valence-electron chi connectivity index (χ3n) is 5.43. The van der Waals surface area contributed by atoms with Crippen molar-refractivity contribution in [1.29, 1.82) is 0 Å². The first kappa shape index (κ1) is 15.6. The van der Waals surface area contributed by atoms with Gasteiger partial charge in [0, 0.05) is 23.1 Å². The summed E-state index contributed by atoms with van der Waals surface area (Å²) in [5, 5.41) is 14.9. The number of fused-ring (bicyclic) bond motifs is 1. The van der Waals surface area contributed by atoms with Gasteiger partial charge in [-0.05, 0) is 31.1 Å². The summed E-state index contributed by atoms with van der Waals surface area (Å²) in [5.41, 5.74) is 4.01. The molecule has 6 nitrogen and oxygen atoms in total. The first-order valence-electron chi connectivity index (χ1n) is 8.01. The van der Waals surface area contributed by atoms with Crippen molar-refractivity contribution in [3.05, 3.63) is 39.4 Å². The molecule has 0 spiro atoms. The maximum absolute atomic E-state index is 12.3. The van der Waals surface area contributed by atoms with Gasteiger partial charge in [-0.15, -0.1) is 0 Å². The number of carbonyl (C=O) groups excluding carboxylic acids is 1. The smallest absolute Gasteiger partial charge is 0.272 e. The zero-order valence-corrected chi connectivity index (χ0v) is 13.4. The lowest BCUT2D eigenvalue weighted by molar-refractivity contribution is -0.385. The van der Waals surface area contributed by atoms with E-state index in [9.17, 15) is 14.9 Å². The van der Waals surface area contributed by atoms with Crippen LogP contribution in [0.25, 0.3) is 0 Å². The summed E-state index contributed by atoms with van der Waals surface area (Å²) in [4.78, 5) is 22.8. The van der Waals surface area contributed by atoms with Gasteiger partial charge in [-0.2, -0.15) is 5.10 Å². The number of benzene rings is 1. The third kappa shape index (κ3) is 2.85. The highest BCUT2D eigenvalue weighted by atomic mass is 16.6. The summed E-state index contributed by atoms with van der Waals surface area (Å²) in [6.07, 6.45) is 6.11. The molecule has 0 radical (unpaired) electrons. The van der Waals surface area contributed by atoms with E-state index < -0.39 is 4.92 Å². The van der Waals surface area contributed by atoms with Crippen molar-refractivity contribution in [3.8, 4) is 0 Å². The van der Waals surface area contributed by atoms with Crippen LogP contribution in [0, 0.1) is 34.3 Å². The molecule has 3 rings (SSSR count). The Morgan fingerprint density at radius 2 is 2.26 bits per heavy atom. The first-order chi connectivity index (χ1) is 10.9. The zero-order valence-electron chi connectivity index (χ0n) is 13.4. The van der Waals surface area contributed by atoms with Crippen LogP contribution in [0.5, 0.6) is 0 Å². The van der Waals surface area contributed by atoms with Crippen LogP contribution in [-0.2, 0) is 4.79 Å². The maximum Gasteiger partial charge on any atom is 0.272 e. The zero-order chi connectivity index (χ0) is 16.6. The van der Waals surface area contributed by atoms with Crippen molar-refractivity contribution in [2.24, 2.45) is 22.4 Å². The monoisotopic (exact) mass is 315 g/mol. The highest BCUT2D eigenvalue weighted by Gasteiger charge is 2.64. The summed E-state index contributed by atoms with van der Waals surface area (Å²) in [6.45, 7) is 3.88. The molecule has 23 heavy (non-hydrogen) atoms. The summed E-state index contributed by atoms with van der Waals surface area (Å²) in [6, 6.07) is 4.89. The number of nitro benzene ring substituents is 1. The van der Waals surface area contributed by atoms with Gasteiger partial charge in [-0.1, -0.05) is 31.9 Å². The Labute approximate surface area is 135 Å². The number of nitrogens with one attached hydrogen (secondary N) is 1. The van der Waals surface area contributed by atoms with E-state index in [0.29, 0.717) is 17.0 Å². The van der Waals surface area contributed by atoms with Crippen LogP contribution in [0.15, 0.2) is 23.3 Å². The topological polar surface area (TPSA) is 84.6 Å². The quantitative estimate of drug-likeness (QED) is 0.526. The Morgan fingerprint density at radius 1 is 1.48 bits per heavy atom. The molecule has 1 aromatic rings. The van der Waals surface area contributed by atoms with Crippen molar-refractivity contribution < 1.29 is 9.72 Å². The van der Waals surface area contributed by atoms with Crippen LogP contribution < -0.4 is 5.43 Å². The molecule has 0 unspecified atom stereocenters. The highest BCUT2D eigenvalue weighted by Crippen LogP contribution is 2.66. The minimum atomic E-state index is -0.416. The second-order valence-electron chi connectivity index (χ2n) is 6.87. The van der Waals surface area contributed by atoms with Crippen molar-refractivity contribution in [2.75, 3.05) is 0 Å². The van der Waals surface area contributed by atoms with E-state index in [4.69, 9.17) is 0 Å². The van der Waals surface area contributed by atoms with Gasteiger partial charge in [0.1, 0.15) is 0 Å². The van der Waals surface area contributed by atoms with Gasteiger partial charge in [0.25, 0.3) is 5.69 Å². The van der Waals surface area contributed by atoms with Crippen molar-refractivity contribution >= 4 is 17.8 Å². The number of aryl methyl sites for hydroxylation is 1. The van der Waals surface area contributed by atoms with Gasteiger partial charge in [-0.3, -0.25) is 14.9 Å². The number of hydrogen-bond donors (Lipinski definition) is 1. The average Bonchev–Trinajstić information content (AvgIpc) is 3.14. The molecular weight excluding hydrogens is 294 g/mol. The molecule has 1 amide bonds. The summed E-state index contributed by atoms with van der Waals surface area (Å²) in [7, 11) is 0. The highest BCUT2D eigenvalue weighted by molar-refractivity contribution is 5.86. The van der Waals surface area contributed by atoms with Crippen LogP contribution in [0.2, 0.25) is 0 Å². The van der Waals surface area contributed by atoms with Crippen molar-refractivity contribution in [1.82, 2.24) is 5.43 Å². The fraction of sp³-hybridized carbons (Fsp3) is 0.529. The molecular formula is C17H21N3O3. The van der Waals surface area contributed by atoms with E-state index in [-0.39, 0.29) is 22.9 Å². The number of hydrogen-bond acceptors (Lipinski definition) is 4. The maximum atomic E-state index is 12.3. The third-order valence-corrected chi connectivity index (χ3v) is 5.43. The SMILES string of the molecule is Cc1ccc(/C=N\NC(=O)[C@H]2[C@H]3CCCC[C@@]32C)cc1[N+](=O)[O-]. The largest absolute Gasteiger partial charge is 0.273 e.